The van der Waals surface area contributed by atoms with Crippen LogP contribution in [0.2, 0.25) is 3.12 Å². The Balaban J connectivity index is 2.12. The van der Waals surface area contributed by atoms with Gasteiger partial charge < -0.3 is 0 Å². The predicted octanol–water partition coefficient (Wildman–Crippen LogP) is 7.15. The van der Waals surface area contributed by atoms with E-state index in [0.717, 1.165) is 11.5 Å². The summed E-state index contributed by atoms with van der Waals surface area (Å²) in [6.07, 6.45) is 0. The average Bonchev–Trinajstić information content (AvgIpc) is 2.80. The van der Waals surface area contributed by atoms with Gasteiger partial charge in [0, 0.05) is 0 Å². The number of benzene rings is 2. The second kappa shape index (κ2) is 7.37. The van der Waals surface area contributed by atoms with Gasteiger partial charge in [-0.2, -0.15) is 0 Å². The van der Waals surface area contributed by atoms with Crippen LogP contribution in [0.5, 0.6) is 11.5 Å². The molecule has 3 rings (SSSR count). The molecule has 0 fully saturated rings. The van der Waals surface area contributed by atoms with Crippen molar-refractivity contribution in [3.63, 3.8) is 0 Å². The van der Waals surface area contributed by atoms with Gasteiger partial charge in [0.1, 0.15) is 0 Å². The van der Waals surface area contributed by atoms with Gasteiger partial charge in [-0.25, -0.2) is 0 Å². The summed E-state index contributed by atoms with van der Waals surface area (Å²) < 4.78 is 12.6. The van der Waals surface area contributed by atoms with Gasteiger partial charge in [0.15, 0.2) is 0 Å². The zero-order valence-electron chi connectivity index (χ0n) is 16.0. The fourth-order valence-electron chi connectivity index (χ4n) is 3.55. The molecular weight excluding hydrogens is 423 g/mol. The summed E-state index contributed by atoms with van der Waals surface area (Å²) in [5.41, 5.74) is 5.09. The predicted molar refractivity (Wildman–Crippen MR) is 105 cm³/mol. The molecule has 0 aliphatic heterocycles. The maximum absolute atomic E-state index is 7.37. The third-order valence-electron chi connectivity index (χ3n) is 5.77. The van der Waals surface area contributed by atoms with Gasteiger partial charge in [-0.05, 0) is 0 Å². The molecule has 0 heterocycles. The third-order valence-corrected chi connectivity index (χ3v) is 16.1. The standard InChI is InChI=1S/C10H15.2C6H6O.ClH.Zr/c1-6-7(2)9(4)10(5)8(6)3;2*7-6-4-2-1-3-5-6;;/h1-5H3;2*1-5,7H;1H;/q;;;;+3/p-3. The number of halogens is 1. The van der Waals surface area contributed by atoms with Crippen molar-refractivity contribution in [2.45, 2.75) is 37.7 Å². The van der Waals surface area contributed by atoms with E-state index in [1.807, 2.05) is 60.7 Å². The molecule has 2 nitrogen and oxygen atoms in total. The van der Waals surface area contributed by atoms with Gasteiger partial charge in [0.25, 0.3) is 0 Å². The Morgan fingerprint density at radius 3 is 1.38 bits per heavy atom. The average molecular weight is 448 g/mol. The molecule has 0 unspecified atom stereocenters. The first-order chi connectivity index (χ1) is 12.3. The summed E-state index contributed by atoms with van der Waals surface area (Å²) in [5, 5.41) is 0. The van der Waals surface area contributed by atoms with Crippen LogP contribution < -0.4 is 5.63 Å². The molecule has 0 saturated heterocycles. The molecule has 0 aromatic heterocycles. The molecule has 0 N–H and O–H groups in total. The Bertz CT molecular complexity index is 791. The molecular formula is C22H25ClO2Zr. The minimum atomic E-state index is -4.23. The van der Waals surface area contributed by atoms with Crippen molar-refractivity contribution in [1.29, 1.82) is 0 Å². The van der Waals surface area contributed by atoms with Crippen molar-refractivity contribution >= 4 is 8.51 Å². The fourth-order valence-corrected chi connectivity index (χ4v) is 12.7. The summed E-state index contributed by atoms with van der Waals surface area (Å²) in [4.78, 5) is 0. The van der Waals surface area contributed by atoms with Crippen molar-refractivity contribution in [3.8, 4) is 11.5 Å². The van der Waals surface area contributed by atoms with Crippen LogP contribution in [0.3, 0.4) is 0 Å². The van der Waals surface area contributed by atoms with Crippen molar-refractivity contribution in [2.24, 2.45) is 0 Å². The monoisotopic (exact) mass is 446 g/mol. The summed E-state index contributed by atoms with van der Waals surface area (Å²) in [6, 6.07) is 19.5. The van der Waals surface area contributed by atoms with Crippen LogP contribution in [-0.4, -0.2) is 0 Å². The number of allylic oxidation sites excluding steroid dienone is 4. The van der Waals surface area contributed by atoms with E-state index in [0.29, 0.717) is 0 Å². The number of hydrogen-bond donors (Lipinski definition) is 0. The molecule has 0 atom stereocenters. The van der Waals surface area contributed by atoms with E-state index in [9.17, 15) is 0 Å². The topological polar surface area (TPSA) is 18.5 Å². The van der Waals surface area contributed by atoms with E-state index in [1.54, 1.807) is 0 Å². The van der Waals surface area contributed by atoms with E-state index < -0.39 is 23.1 Å². The van der Waals surface area contributed by atoms with Crippen LogP contribution in [-0.2, 0) is 20.0 Å². The quantitative estimate of drug-likeness (QED) is 0.484. The second-order valence-corrected chi connectivity index (χ2v) is 16.0. The van der Waals surface area contributed by atoms with Crippen molar-refractivity contribution < 1.29 is 25.6 Å². The molecule has 4 heteroatoms. The van der Waals surface area contributed by atoms with Crippen LogP contribution in [0.25, 0.3) is 0 Å². The Labute approximate surface area is 165 Å². The summed E-state index contributed by atoms with van der Waals surface area (Å²) in [5.74, 6) is 1.52. The third kappa shape index (κ3) is 3.21. The van der Waals surface area contributed by atoms with Gasteiger partial charge in [-0.1, -0.05) is 0 Å². The van der Waals surface area contributed by atoms with E-state index in [-0.39, 0.29) is 0 Å². The molecule has 1 aliphatic rings. The molecule has 0 bridgehead atoms. The van der Waals surface area contributed by atoms with Crippen LogP contribution in [0.4, 0.5) is 0 Å². The zero-order chi connectivity index (χ0) is 18.9. The van der Waals surface area contributed by atoms with E-state index in [1.165, 1.54) is 22.3 Å². The van der Waals surface area contributed by atoms with Gasteiger partial charge in [0.2, 0.25) is 0 Å². The first-order valence-corrected chi connectivity index (χ1v) is 15.2. The van der Waals surface area contributed by atoms with Gasteiger partial charge in [-0.15, -0.1) is 0 Å². The van der Waals surface area contributed by atoms with Crippen molar-refractivity contribution in [2.75, 3.05) is 0 Å². The second-order valence-electron chi connectivity index (χ2n) is 6.99. The molecule has 0 spiro atoms. The molecule has 26 heavy (non-hydrogen) atoms. The number of rotatable bonds is 5. The first-order valence-electron chi connectivity index (χ1n) is 8.83. The molecule has 136 valence electrons. The maximum atomic E-state index is 7.37. The Hall–Kier alpha value is -1.31. The molecule has 0 saturated carbocycles. The SMILES string of the molecule is CC1=C(C)[C](C)([Zr]([Cl])([O]c2ccccc2)[O]c2ccccc2)C(C)=C1C. The number of para-hydroxylation sites is 2. The van der Waals surface area contributed by atoms with Crippen LogP contribution in [0.15, 0.2) is 83.0 Å². The van der Waals surface area contributed by atoms with E-state index >= 15 is 0 Å². The minimum absolute atomic E-state index is 0.393. The van der Waals surface area contributed by atoms with E-state index in [2.05, 4.69) is 34.6 Å². The molecule has 1 aliphatic carbocycles. The molecule has 0 amide bonds. The van der Waals surface area contributed by atoms with Crippen molar-refractivity contribution in [3.05, 3.63) is 83.0 Å². The van der Waals surface area contributed by atoms with E-state index in [4.69, 9.17) is 14.1 Å². The van der Waals surface area contributed by atoms with Crippen LogP contribution in [0, 0.1) is 0 Å². The van der Waals surface area contributed by atoms with Gasteiger partial charge in [0.05, 0.1) is 0 Å². The van der Waals surface area contributed by atoms with Gasteiger partial charge >= 0.3 is 166 Å². The summed E-state index contributed by atoms with van der Waals surface area (Å²) >= 11 is -4.23. The Kier molecular flexibility index (Phi) is 5.51. The van der Waals surface area contributed by atoms with Crippen LogP contribution >= 0.6 is 8.51 Å². The molecule has 0 radical (unpaired) electrons. The summed E-state index contributed by atoms with van der Waals surface area (Å²) in [7, 11) is 7.37. The van der Waals surface area contributed by atoms with Crippen LogP contribution in [0.1, 0.15) is 34.6 Å². The Morgan fingerprint density at radius 2 is 1.04 bits per heavy atom. The van der Waals surface area contributed by atoms with Crippen molar-refractivity contribution in [1.82, 2.24) is 0 Å². The van der Waals surface area contributed by atoms with Gasteiger partial charge in [-0.3, -0.25) is 0 Å². The zero-order valence-corrected chi connectivity index (χ0v) is 19.2. The number of hydrogen-bond acceptors (Lipinski definition) is 2. The molecule has 2 aromatic rings. The molecule has 2 aromatic carbocycles. The summed E-state index contributed by atoms with van der Waals surface area (Å²) in [6.45, 7) is 10.8. The first kappa shape index (κ1) is 19.5. The fraction of sp³-hybridized carbons (Fsp3) is 0.273. The Morgan fingerprint density at radius 1 is 0.692 bits per heavy atom. The normalized spacial score (nSPS) is 16.8.